The summed E-state index contributed by atoms with van der Waals surface area (Å²) in [6, 6.07) is 0.0142. The van der Waals surface area contributed by atoms with E-state index in [1.807, 2.05) is 4.90 Å². The molecular formula is C11H21N2O. The summed E-state index contributed by atoms with van der Waals surface area (Å²) in [7, 11) is 0. The predicted molar refractivity (Wildman–Crippen MR) is 57.3 cm³/mol. The molecule has 2 amide bonds. The first kappa shape index (κ1) is 11.3. The van der Waals surface area contributed by atoms with Crippen molar-refractivity contribution in [3.63, 3.8) is 0 Å². The van der Waals surface area contributed by atoms with Gasteiger partial charge in [0.2, 0.25) is 0 Å². The van der Waals surface area contributed by atoms with Gasteiger partial charge in [-0.1, -0.05) is 26.2 Å². The summed E-state index contributed by atoms with van der Waals surface area (Å²) in [5.41, 5.74) is 0. The summed E-state index contributed by atoms with van der Waals surface area (Å²) >= 11 is 0. The van der Waals surface area contributed by atoms with E-state index in [0.717, 1.165) is 38.8 Å². The van der Waals surface area contributed by atoms with Crippen molar-refractivity contribution in [3.05, 3.63) is 0 Å². The van der Waals surface area contributed by atoms with Gasteiger partial charge in [-0.05, 0) is 19.3 Å². The van der Waals surface area contributed by atoms with Crippen molar-refractivity contribution in [2.24, 2.45) is 0 Å². The number of amides is 2. The fourth-order valence-corrected chi connectivity index (χ4v) is 1.69. The highest BCUT2D eigenvalue weighted by Gasteiger charge is 2.15. The maximum Gasteiger partial charge on any atom is 0.338 e. The first-order valence-corrected chi connectivity index (χ1v) is 5.81. The Kier molecular flexibility index (Phi) is 5.42. The molecule has 14 heavy (non-hydrogen) atoms. The third-order valence-corrected chi connectivity index (χ3v) is 2.64. The molecule has 0 aromatic heterocycles. The SMILES string of the molecule is CCCC[N]C(=O)N1CCCCCC1. The maximum atomic E-state index is 11.6. The van der Waals surface area contributed by atoms with Crippen LogP contribution in [0.4, 0.5) is 4.79 Å². The quantitative estimate of drug-likeness (QED) is 0.640. The third-order valence-electron chi connectivity index (χ3n) is 2.64. The van der Waals surface area contributed by atoms with Crippen LogP contribution in [0.1, 0.15) is 45.4 Å². The van der Waals surface area contributed by atoms with E-state index in [-0.39, 0.29) is 6.03 Å². The number of rotatable bonds is 3. The van der Waals surface area contributed by atoms with Crippen LogP contribution < -0.4 is 5.32 Å². The monoisotopic (exact) mass is 197 g/mol. The van der Waals surface area contributed by atoms with Crippen molar-refractivity contribution in [2.45, 2.75) is 45.4 Å². The summed E-state index contributed by atoms with van der Waals surface area (Å²) in [6.07, 6.45) is 6.96. The molecule has 81 valence electrons. The Balaban J connectivity index is 2.20. The van der Waals surface area contributed by atoms with E-state index in [4.69, 9.17) is 0 Å². The third kappa shape index (κ3) is 3.99. The molecule has 1 fully saturated rings. The molecule has 0 unspecified atom stereocenters. The van der Waals surface area contributed by atoms with Crippen LogP contribution in [0.5, 0.6) is 0 Å². The Labute approximate surface area is 86.9 Å². The van der Waals surface area contributed by atoms with Crippen LogP contribution in [0.2, 0.25) is 0 Å². The van der Waals surface area contributed by atoms with E-state index >= 15 is 0 Å². The molecule has 0 bridgehead atoms. The number of unbranched alkanes of at least 4 members (excludes halogenated alkanes) is 1. The Hall–Kier alpha value is -0.730. The Morgan fingerprint density at radius 3 is 2.43 bits per heavy atom. The predicted octanol–water partition coefficient (Wildman–Crippen LogP) is 2.39. The molecule has 1 heterocycles. The van der Waals surface area contributed by atoms with Gasteiger partial charge in [-0.25, -0.2) is 10.1 Å². The van der Waals surface area contributed by atoms with E-state index in [1.165, 1.54) is 12.8 Å². The van der Waals surface area contributed by atoms with Gasteiger partial charge in [-0.15, -0.1) is 0 Å². The molecule has 0 aromatic rings. The average Bonchev–Trinajstić information content (AvgIpc) is 2.46. The van der Waals surface area contributed by atoms with Gasteiger partial charge in [-0.3, -0.25) is 0 Å². The topological polar surface area (TPSA) is 34.4 Å². The van der Waals surface area contributed by atoms with Crippen molar-refractivity contribution in [3.8, 4) is 0 Å². The summed E-state index contributed by atoms with van der Waals surface area (Å²) in [5, 5.41) is 4.07. The number of hydrogen-bond acceptors (Lipinski definition) is 1. The number of hydrogen-bond donors (Lipinski definition) is 0. The van der Waals surface area contributed by atoms with Gasteiger partial charge < -0.3 is 4.90 Å². The molecule has 3 nitrogen and oxygen atoms in total. The molecular weight excluding hydrogens is 176 g/mol. The Morgan fingerprint density at radius 2 is 1.86 bits per heavy atom. The molecule has 3 heteroatoms. The van der Waals surface area contributed by atoms with Crippen LogP contribution in [0.3, 0.4) is 0 Å². The van der Waals surface area contributed by atoms with Crippen molar-refractivity contribution in [2.75, 3.05) is 19.6 Å². The second-order valence-corrected chi connectivity index (χ2v) is 3.92. The molecule has 1 rings (SSSR count). The normalized spacial score (nSPS) is 17.6. The van der Waals surface area contributed by atoms with Crippen LogP contribution in [-0.4, -0.2) is 30.6 Å². The van der Waals surface area contributed by atoms with Crippen LogP contribution >= 0.6 is 0 Å². The molecule has 0 N–H and O–H groups in total. The maximum absolute atomic E-state index is 11.6. The average molecular weight is 197 g/mol. The van der Waals surface area contributed by atoms with Crippen LogP contribution in [0, 0.1) is 0 Å². The number of nitrogens with zero attached hydrogens (tertiary/aromatic N) is 2. The van der Waals surface area contributed by atoms with Gasteiger partial charge in [0.25, 0.3) is 0 Å². The summed E-state index contributed by atoms with van der Waals surface area (Å²) < 4.78 is 0. The van der Waals surface area contributed by atoms with E-state index in [1.54, 1.807) is 0 Å². The van der Waals surface area contributed by atoms with E-state index in [9.17, 15) is 4.79 Å². The molecule has 0 atom stereocenters. The molecule has 1 saturated heterocycles. The lowest BCUT2D eigenvalue weighted by atomic mass is 10.2. The van der Waals surface area contributed by atoms with Crippen molar-refractivity contribution >= 4 is 6.03 Å². The Bertz CT molecular complexity index is 163. The molecule has 1 radical (unpaired) electrons. The highest BCUT2D eigenvalue weighted by molar-refractivity contribution is 5.73. The summed E-state index contributed by atoms with van der Waals surface area (Å²) in [4.78, 5) is 13.5. The Morgan fingerprint density at radius 1 is 1.21 bits per heavy atom. The molecule has 0 saturated carbocycles. The van der Waals surface area contributed by atoms with E-state index in [0.29, 0.717) is 6.54 Å². The lowest BCUT2D eigenvalue weighted by molar-refractivity contribution is 0.199. The van der Waals surface area contributed by atoms with Crippen LogP contribution in [0.25, 0.3) is 0 Å². The minimum Gasteiger partial charge on any atom is -0.323 e. The summed E-state index contributed by atoms with van der Waals surface area (Å²) in [6.45, 7) is 4.64. The highest BCUT2D eigenvalue weighted by Crippen LogP contribution is 2.09. The zero-order valence-electron chi connectivity index (χ0n) is 9.17. The fourth-order valence-electron chi connectivity index (χ4n) is 1.69. The summed E-state index contributed by atoms with van der Waals surface area (Å²) in [5.74, 6) is 0. The second kappa shape index (κ2) is 6.68. The van der Waals surface area contributed by atoms with Crippen LogP contribution in [-0.2, 0) is 0 Å². The second-order valence-electron chi connectivity index (χ2n) is 3.92. The fraction of sp³-hybridized carbons (Fsp3) is 0.909. The van der Waals surface area contributed by atoms with Crippen molar-refractivity contribution < 1.29 is 4.79 Å². The van der Waals surface area contributed by atoms with E-state index < -0.39 is 0 Å². The van der Waals surface area contributed by atoms with Gasteiger partial charge in [0.15, 0.2) is 0 Å². The van der Waals surface area contributed by atoms with E-state index in [2.05, 4.69) is 12.2 Å². The van der Waals surface area contributed by atoms with Gasteiger partial charge in [-0.2, -0.15) is 0 Å². The molecule has 0 aliphatic carbocycles. The number of carbonyl (C=O) groups excluding carboxylic acids is 1. The number of carbonyl (C=O) groups is 1. The van der Waals surface area contributed by atoms with Gasteiger partial charge in [0, 0.05) is 19.6 Å². The molecule has 1 aliphatic heterocycles. The zero-order valence-corrected chi connectivity index (χ0v) is 9.17. The first-order valence-electron chi connectivity index (χ1n) is 5.81. The van der Waals surface area contributed by atoms with Crippen molar-refractivity contribution in [1.82, 2.24) is 10.2 Å². The lowest BCUT2D eigenvalue weighted by Gasteiger charge is -2.19. The zero-order chi connectivity index (χ0) is 10.2. The van der Waals surface area contributed by atoms with Crippen LogP contribution in [0.15, 0.2) is 0 Å². The minimum atomic E-state index is 0.0142. The van der Waals surface area contributed by atoms with Crippen molar-refractivity contribution in [1.29, 1.82) is 0 Å². The first-order chi connectivity index (χ1) is 6.84. The molecule has 0 spiro atoms. The lowest BCUT2D eigenvalue weighted by Crippen LogP contribution is -2.37. The van der Waals surface area contributed by atoms with Gasteiger partial charge >= 0.3 is 6.03 Å². The minimum absolute atomic E-state index is 0.0142. The van der Waals surface area contributed by atoms with Gasteiger partial charge in [0.1, 0.15) is 0 Å². The number of urea groups is 1. The smallest absolute Gasteiger partial charge is 0.323 e. The largest absolute Gasteiger partial charge is 0.338 e. The van der Waals surface area contributed by atoms with Gasteiger partial charge in [0.05, 0.1) is 0 Å². The number of likely N-dealkylation sites (tertiary alicyclic amines) is 1. The highest BCUT2D eigenvalue weighted by atomic mass is 16.2. The standard InChI is InChI=1S/C11H21N2O/c1-2-3-8-12-11(14)13-9-6-4-5-7-10-13/h2-10H2,1H3. The molecule has 0 aromatic carbocycles. The molecule has 1 aliphatic rings.